The van der Waals surface area contributed by atoms with E-state index in [0.717, 1.165) is 10.6 Å². The molecule has 1 aromatic rings. The lowest BCUT2D eigenvalue weighted by Gasteiger charge is -2.29. The average Bonchev–Trinajstić information content (AvgIpc) is 2.54. The first kappa shape index (κ1) is 14.9. The van der Waals surface area contributed by atoms with Crippen LogP contribution < -0.4 is 10.2 Å². The number of hydrogen-bond donors (Lipinski definition) is 1. The normalized spacial score (nSPS) is 23.9. The van der Waals surface area contributed by atoms with E-state index < -0.39 is 6.04 Å². The minimum Gasteiger partial charge on any atom is -0.308 e. The van der Waals surface area contributed by atoms with E-state index in [-0.39, 0.29) is 28.2 Å². The molecule has 1 N–H and O–H groups in total. The van der Waals surface area contributed by atoms with Crippen LogP contribution in [0.1, 0.15) is 13.8 Å². The van der Waals surface area contributed by atoms with Crippen LogP contribution in [0.15, 0.2) is 29.2 Å². The maximum atomic E-state index is 12.7. The summed E-state index contributed by atoms with van der Waals surface area (Å²) in [6.45, 7) is 3.29. The van der Waals surface area contributed by atoms with E-state index in [1.165, 1.54) is 6.92 Å². The van der Waals surface area contributed by atoms with Crippen molar-refractivity contribution in [3.05, 3.63) is 24.3 Å². The van der Waals surface area contributed by atoms with Crippen molar-refractivity contribution >= 4 is 33.7 Å². The van der Waals surface area contributed by atoms with E-state index in [4.69, 9.17) is 0 Å². The van der Waals surface area contributed by atoms with E-state index in [1.54, 1.807) is 18.9 Å². The van der Waals surface area contributed by atoms with Crippen molar-refractivity contribution in [2.45, 2.75) is 30.8 Å². The Hall–Kier alpha value is -1.46. The van der Waals surface area contributed by atoms with Gasteiger partial charge in [0.15, 0.2) is 5.78 Å². The van der Waals surface area contributed by atoms with Crippen molar-refractivity contribution in [3.8, 4) is 0 Å². The molecule has 1 amide bonds. The molecule has 1 aliphatic rings. The van der Waals surface area contributed by atoms with Gasteiger partial charge in [-0.25, -0.2) is 0 Å². The van der Waals surface area contributed by atoms with Gasteiger partial charge >= 0.3 is 0 Å². The number of amides is 1. The number of carbonyl (C=O) groups excluding carboxylic acids is 2. The SMILES string of the molecule is C=S1CC(NC)C(=O)N(C(C)C(C)=O)c2ccccc21. The largest absolute Gasteiger partial charge is 0.308 e. The fourth-order valence-corrected chi connectivity index (χ4v) is 3.96. The number of nitrogens with one attached hydrogen (secondary N) is 1. The quantitative estimate of drug-likeness (QED) is 0.862. The van der Waals surface area contributed by atoms with Crippen LogP contribution in [0.5, 0.6) is 0 Å². The molecule has 0 fully saturated rings. The van der Waals surface area contributed by atoms with Crippen molar-refractivity contribution in [3.63, 3.8) is 0 Å². The van der Waals surface area contributed by atoms with E-state index in [2.05, 4.69) is 11.2 Å². The molecular weight excluding hydrogens is 272 g/mol. The van der Waals surface area contributed by atoms with Gasteiger partial charge in [0, 0.05) is 10.6 Å². The van der Waals surface area contributed by atoms with Crippen LogP contribution in [0.25, 0.3) is 0 Å². The number of Topliss-reactive ketones (excluding diaryl/α,β-unsaturated/α-hetero) is 1. The number of hydrogen-bond acceptors (Lipinski definition) is 3. The van der Waals surface area contributed by atoms with E-state index in [1.807, 2.05) is 24.3 Å². The second-order valence-corrected chi connectivity index (χ2v) is 6.72. The predicted molar refractivity (Wildman–Crippen MR) is 84.8 cm³/mol. The molecule has 2 rings (SSSR count). The van der Waals surface area contributed by atoms with Gasteiger partial charge in [-0.3, -0.25) is 14.5 Å². The Balaban J connectivity index is 2.59. The summed E-state index contributed by atoms with van der Waals surface area (Å²) in [5.74, 6) is 4.78. The number of para-hydroxylation sites is 1. The molecule has 108 valence electrons. The number of carbonyl (C=O) groups is 2. The van der Waals surface area contributed by atoms with E-state index in [9.17, 15) is 9.59 Å². The lowest BCUT2D eigenvalue weighted by atomic mass is 10.1. The Morgan fingerprint density at radius 1 is 1.50 bits per heavy atom. The molecule has 1 heterocycles. The topological polar surface area (TPSA) is 49.4 Å². The third-order valence-electron chi connectivity index (χ3n) is 3.66. The minimum absolute atomic E-state index is 0.0196. The van der Waals surface area contributed by atoms with Crippen molar-refractivity contribution < 1.29 is 9.59 Å². The van der Waals surface area contributed by atoms with Gasteiger partial charge in [0.05, 0.1) is 17.8 Å². The summed E-state index contributed by atoms with van der Waals surface area (Å²) in [6.07, 6.45) is 0. The molecule has 3 unspecified atom stereocenters. The van der Waals surface area contributed by atoms with Crippen molar-refractivity contribution in [1.29, 1.82) is 0 Å². The highest BCUT2D eigenvalue weighted by atomic mass is 32.2. The predicted octanol–water partition coefficient (Wildman–Crippen LogP) is 1.66. The van der Waals surface area contributed by atoms with E-state index in [0.29, 0.717) is 5.75 Å². The number of benzene rings is 1. The number of likely N-dealkylation sites (N-methyl/N-ethyl adjacent to an activating group) is 1. The van der Waals surface area contributed by atoms with Crippen LogP contribution in [-0.4, -0.2) is 42.4 Å². The van der Waals surface area contributed by atoms with Crippen LogP contribution in [0, 0.1) is 0 Å². The summed E-state index contributed by atoms with van der Waals surface area (Å²) in [4.78, 5) is 27.1. The van der Waals surface area contributed by atoms with E-state index >= 15 is 0 Å². The number of anilines is 1. The third kappa shape index (κ3) is 2.55. The lowest BCUT2D eigenvalue weighted by Crippen LogP contribution is -2.51. The molecule has 1 aromatic carbocycles. The zero-order chi connectivity index (χ0) is 14.9. The van der Waals surface area contributed by atoms with Crippen LogP contribution in [0.4, 0.5) is 5.69 Å². The second kappa shape index (κ2) is 5.89. The number of rotatable bonds is 3. The average molecular weight is 292 g/mol. The molecule has 4 nitrogen and oxygen atoms in total. The zero-order valence-electron chi connectivity index (χ0n) is 12.1. The summed E-state index contributed by atoms with van der Waals surface area (Å²) in [5.41, 5.74) is 0.816. The summed E-state index contributed by atoms with van der Waals surface area (Å²) in [5, 5.41) is 3.05. The van der Waals surface area contributed by atoms with Crippen LogP contribution in [0.2, 0.25) is 0 Å². The lowest BCUT2D eigenvalue weighted by molar-refractivity contribution is -0.124. The Kier molecular flexibility index (Phi) is 4.40. The van der Waals surface area contributed by atoms with Crippen LogP contribution >= 0.6 is 10.5 Å². The van der Waals surface area contributed by atoms with Gasteiger partial charge < -0.3 is 5.32 Å². The summed E-state index contributed by atoms with van der Waals surface area (Å²) < 4.78 is 0. The molecule has 3 atom stereocenters. The number of fused-ring (bicyclic) bond motifs is 1. The first-order chi connectivity index (χ1) is 9.47. The smallest absolute Gasteiger partial charge is 0.245 e. The Morgan fingerprint density at radius 2 is 2.15 bits per heavy atom. The van der Waals surface area contributed by atoms with Gasteiger partial charge in [0.1, 0.15) is 0 Å². The number of ketones is 1. The Labute approximate surface area is 122 Å². The Morgan fingerprint density at radius 3 is 2.75 bits per heavy atom. The van der Waals surface area contributed by atoms with Crippen molar-refractivity contribution in [2.24, 2.45) is 0 Å². The summed E-state index contributed by atoms with van der Waals surface area (Å²) in [6, 6.07) is 6.97. The molecule has 20 heavy (non-hydrogen) atoms. The highest BCUT2D eigenvalue weighted by molar-refractivity contribution is 8.14. The summed E-state index contributed by atoms with van der Waals surface area (Å²) in [7, 11) is 1.50. The molecule has 0 saturated carbocycles. The molecular formula is C15H20N2O2S. The Bertz CT molecular complexity index is 571. The van der Waals surface area contributed by atoms with Crippen molar-refractivity contribution in [1.82, 2.24) is 5.32 Å². The molecule has 5 heteroatoms. The third-order valence-corrected chi connectivity index (χ3v) is 5.37. The van der Waals surface area contributed by atoms with Crippen LogP contribution in [0.3, 0.4) is 0 Å². The molecule has 0 saturated heterocycles. The van der Waals surface area contributed by atoms with Gasteiger partial charge in [-0.2, -0.15) is 10.5 Å². The van der Waals surface area contributed by atoms with Crippen LogP contribution in [-0.2, 0) is 9.59 Å². The molecule has 0 radical (unpaired) electrons. The van der Waals surface area contributed by atoms with Crippen molar-refractivity contribution in [2.75, 3.05) is 17.7 Å². The molecule has 0 bridgehead atoms. The molecule has 0 aromatic heterocycles. The fourth-order valence-electron chi connectivity index (χ4n) is 2.34. The van der Waals surface area contributed by atoms with Gasteiger partial charge in [0.25, 0.3) is 0 Å². The molecule has 0 spiro atoms. The fraction of sp³-hybridized carbons (Fsp3) is 0.400. The highest BCUT2D eigenvalue weighted by Gasteiger charge is 2.34. The highest BCUT2D eigenvalue weighted by Crippen LogP contribution is 2.38. The maximum Gasteiger partial charge on any atom is 0.245 e. The molecule has 0 aliphatic carbocycles. The van der Waals surface area contributed by atoms with Gasteiger partial charge in [-0.1, -0.05) is 18.0 Å². The summed E-state index contributed by atoms with van der Waals surface area (Å²) >= 11 is 0. The van der Waals surface area contributed by atoms with Gasteiger partial charge in [-0.15, -0.1) is 0 Å². The second-order valence-electron chi connectivity index (χ2n) is 4.96. The zero-order valence-corrected chi connectivity index (χ0v) is 12.9. The maximum absolute atomic E-state index is 12.7. The number of nitrogens with zero attached hydrogens (tertiary/aromatic N) is 1. The minimum atomic E-state index is -0.463. The van der Waals surface area contributed by atoms with Gasteiger partial charge in [0.2, 0.25) is 5.91 Å². The molecule has 1 aliphatic heterocycles. The first-order valence-corrected chi connectivity index (χ1v) is 8.14. The van der Waals surface area contributed by atoms with Gasteiger partial charge in [-0.05, 0) is 33.0 Å². The standard InChI is InChI=1S/C15H20N2O2S/c1-10(11(2)18)17-13-7-5-6-8-14(13)20(4)9-12(16-3)15(17)19/h5-8,10,12,16H,4,9H2,1-3H3. The monoisotopic (exact) mass is 292 g/mol. The first-order valence-electron chi connectivity index (χ1n) is 6.57.